The Morgan fingerprint density at radius 1 is 1.57 bits per heavy atom. The number of carbonyl (C=O) groups excluding carboxylic acids is 1. The maximum Gasteiger partial charge on any atom is 0.241 e. The lowest BCUT2D eigenvalue weighted by molar-refractivity contribution is -0.119. The van der Waals surface area contributed by atoms with E-state index in [-0.39, 0.29) is 18.4 Å². The standard InChI is InChI=1S/C9H15N3O2/c1-14-8(7-10)6-9(13)11-12-4-2-3-5-12/h2-5,8H,6-7,10H2,1H3,(H,11,13). The first-order chi connectivity index (χ1) is 6.76. The first-order valence-corrected chi connectivity index (χ1v) is 4.42. The Morgan fingerprint density at radius 2 is 2.21 bits per heavy atom. The molecule has 1 heterocycles. The van der Waals surface area contributed by atoms with Crippen LogP contribution in [0.3, 0.4) is 0 Å². The van der Waals surface area contributed by atoms with Crippen LogP contribution in [0.1, 0.15) is 6.42 Å². The van der Waals surface area contributed by atoms with E-state index < -0.39 is 0 Å². The quantitative estimate of drug-likeness (QED) is 0.693. The number of hydrogen-bond donors (Lipinski definition) is 2. The zero-order valence-corrected chi connectivity index (χ0v) is 8.14. The molecule has 1 atom stereocenters. The second-order valence-electron chi connectivity index (χ2n) is 2.92. The first-order valence-electron chi connectivity index (χ1n) is 4.42. The van der Waals surface area contributed by atoms with Gasteiger partial charge in [-0.2, -0.15) is 0 Å². The van der Waals surface area contributed by atoms with Crippen molar-refractivity contribution in [2.75, 3.05) is 19.1 Å². The Kier molecular flexibility index (Phi) is 4.15. The highest BCUT2D eigenvalue weighted by molar-refractivity contribution is 5.84. The summed E-state index contributed by atoms with van der Waals surface area (Å²) in [6, 6.07) is 3.66. The number of methoxy groups -OCH3 is 1. The number of rotatable bonds is 5. The zero-order chi connectivity index (χ0) is 10.4. The van der Waals surface area contributed by atoms with Gasteiger partial charge in [0, 0.05) is 26.0 Å². The van der Waals surface area contributed by atoms with E-state index in [1.807, 2.05) is 12.1 Å². The molecule has 0 spiro atoms. The molecule has 0 aliphatic rings. The lowest BCUT2D eigenvalue weighted by atomic mass is 10.2. The maximum absolute atomic E-state index is 11.4. The van der Waals surface area contributed by atoms with Gasteiger partial charge in [0.2, 0.25) is 5.91 Å². The minimum absolute atomic E-state index is 0.112. The Bertz CT molecular complexity index is 268. The largest absolute Gasteiger partial charge is 0.380 e. The molecule has 1 rings (SSSR count). The van der Waals surface area contributed by atoms with Crippen LogP contribution >= 0.6 is 0 Å². The van der Waals surface area contributed by atoms with Gasteiger partial charge in [-0.15, -0.1) is 0 Å². The fourth-order valence-corrected chi connectivity index (χ4v) is 1.07. The fraction of sp³-hybridized carbons (Fsp3) is 0.444. The monoisotopic (exact) mass is 197 g/mol. The van der Waals surface area contributed by atoms with Gasteiger partial charge in [0.05, 0.1) is 12.5 Å². The van der Waals surface area contributed by atoms with Crippen molar-refractivity contribution < 1.29 is 9.53 Å². The van der Waals surface area contributed by atoms with E-state index in [0.717, 1.165) is 0 Å². The number of nitrogens with one attached hydrogen (secondary N) is 1. The molecule has 3 N–H and O–H groups in total. The molecule has 0 bridgehead atoms. The summed E-state index contributed by atoms with van der Waals surface area (Å²) in [5.41, 5.74) is 8.06. The third kappa shape index (κ3) is 3.20. The summed E-state index contributed by atoms with van der Waals surface area (Å²) in [5.74, 6) is -0.112. The summed E-state index contributed by atoms with van der Waals surface area (Å²) in [6.45, 7) is 0.343. The third-order valence-electron chi connectivity index (χ3n) is 1.87. The molecule has 0 aromatic carbocycles. The lowest BCUT2D eigenvalue weighted by Gasteiger charge is -2.12. The van der Waals surface area contributed by atoms with Gasteiger partial charge in [-0.3, -0.25) is 14.9 Å². The van der Waals surface area contributed by atoms with Crippen LogP contribution in [0.2, 0.25) is 0 Å². The molecule has 0 fully saturated rings. The van der Waals surface area contributed by atoms with Crippen molar-refractivity contribution in [1.29, 1.82) is 0 Å². The Balaban J connectivity index is 2.35. The van der Waals surface area contributed by atoms with Crippen molar-refractivity contribution in [1.82, 2.24) is 4.68 Å². The van der Waals surface area contributed by atoms with Crippen LogP contribution in [0.25, 0.3) is 0 Å². The number of hydrogen-bond acceptors (Lipinski definition) is 3. The zero-order valence-electron chi connectivity index (χ0n) is 8.14. The van der Waals surface area contributed by atoms with Crippen LogP contribution < -0.4 is 11.2 Å². The van der Waals surface area contributed by atoms with Crippen LogP contribution in [0.5, 0.6) is 0 Å². The van der Waals surface area contributed by atoms with E-state index in [9.17, 15) is 4.79 Å². The average molecular weight is 197 g/mol. The van der Waals surface area contributed by atoms with Gasteiger partial charge in [-0.05, 0) is 12.1 Å². The van der Waals surface area contributed by atoms with Crippen LogP contribution in [-0.2, 0) is 9.53 Å². The van der Waals surface area contributed by atoms with Gasteiger partial charge in [0.1, 0.15) is 0 Å². The van der Waals surface area contributed by atoms with Gasteiger partial charge in [0.15, 0.2) is 0 Å². The second-order valence-corrected chi connectivity index (χ2v) is 2.92. The van der Waals surface area contributed by atoms with Crippen molar-refractivity contribution in [2.24, 2.45) is 5.73 Å². The first kappa shape index (κ1) is 10.7. The normalized spacial score (nSPS) is 12.4. The third-order valence-corrected chi connectivity index (χ3v) is 1.87. The molecular formula is C9H15N3O2. The predicted molar refractivity (Wildman–Crippen MR) is 53.3 cm³/mol. The van der Waals surface area contributed by atoms with Crippen LogP contribution in [-0.4, -0.2) is 30.3 Å². The van der Waals surface area contributed by atoms with Crippen LogP contribution in [0.4, 0.5) is 0 Å². The van der Waals surface area contributed by atoms with Gasteiger partial charge in [0.25, 0.3) is 0 Å². The summed E-state index contributed by atoms with van der Waals surface area (Å²) in [4.78, 5) is 11.4. The molecule has 0 aliphatic heterocycles. The molecule has 1 amide bonds. The molecule has 0 aliphatic carbocycles. The van der Waals surface area contributed by atoms with E-state index in [1.165, 1.54) is 0 Å². The average Bonchev–Trinajstić information content (AvgIpc) is 2.66. The van der Waals surface area contributed by atoms with Crippen molar-refractivity contribution in [2.45, 2.75) is 12.5 Å². The maximum atomic E-state index is 11.4. The highest BCUT2D eigenvalue weighted by atomic mass is 16.5. The van der Waals surface area contributed by atoms with E-state index in [2.05, 4.69) is 5.43 Å². The highest BCUT2D eigenvalue weighted by Gasteiger charge is 2.10. The molecule has 0 saturated heterocycles. The molecule has 1 unspecified atom stereocenters. The van der Waals surface area contributed by atoms with Gasteiger partial charge < -0.3 is 10.5 Å². The second kappa shape index (κ2) is 5.41. The van der Waals surface area contributed by atoms with Gasteiger partial charge >= 0.3 is 0 Å². The molecule has 0 saturated carbocycles. The molecule has 1 aromatic rings. The summed E-state index contributed by atoms with van der Waals surface area (Å²) in [5, 5.41) is 0. The fourth-order valence-electron chi connectivity index (χ4n) is 1.07. The minimum Gasteiger partial charge on any atom is -0.380 e. The SMILES string of the molecule is COC(CN)CC(=O)Nn1cccc1. The molecular weight excluding hydrogens is 182 g/mol. The predicted octanol–water partition coefficient (Wildman–Crippen LogP) is -0.0780. The molecule has 1 aromatic heterocycles. The number of aromatic nitrogens is 1. The number of nitrogens with two attached hydrogens (primary N) is 1. The summed E-state index contributed by atoms with van der Waals surface area (Å²) >= 11 is 0. The van der Waals surface area contributed by atoms with Crippen LogP contribution in [0, 0.1) is 0 Å². The van der Waals surface area contributed by atoms with Gasteiger partial charge in [-0.25, -0.2) is 0 Å². The van der Waals surface area contributed by atoms with E-state index in [0.29, 0.717) is 6.54 Å². The number of amides is 1. The van der Waals surface area contributed by atoms with E-state index in [4.69, 9.17) is 10.5 Å². The molecule has 78 valence electrons. The minimum atomic E-state index is -0.217. The summed E-state index contributed by atoms with van der Waals surface area (Å²) < 4.78 is 6.58. The molecule has 0 radical (unpaired) electrons. The van der Waals surface area contributed by atoms with Crippen molar-refractivity contribution in [3.8, 4) is 0 Å². The number of nitrogens with zero attached hydrogens (tertiary/aromatic N) is 1. The molecule has 5 heteroatoms. The topological polar surface area (TPSA) is 69.3 Å². The van der Waals surface area contributed by atoms with Crippen molar-refractivity contribution in [3.63, 3.8) is 0 Å². The highest BCUT2D eigenvalue weighted by Crippen LogP contribution is 1.95. The molecule has 5 nitrogen and oxygen atoms in total. The lowest BCUT2D eigenvalue weighted by Crippen LogP contribution is -2.30. The van der Waals surface area contributed by atoms with Crippen LogP contribution in [0.15, 0.2) is 24.5 Å². The number of ether oxygens (including phenoxy) is 1. The Hall–Kier alpha value is -1.33. The number of carbonyl (C=O) groups is 1. The smallest absolute Gasteiger partial charge is 0.241 e. The van der Waals surface area contributed by atoms with Crippen molar-refractivity contribution in [3.05, 3.63) is 24.5 Å². The molecule has 14 heavy (non-hydrogen) atoms. The van der Waals surface area contributed by atoms with Gasteiger partial charge in [-0.1, -0.05) is 0 Å². The Morgan fingerprint density at radius 3 is 2.71 bits per heavy atom. The van der Waals surface area contributed by atoms with Crippen molar-refractivity contribution >= 4 is 5.91 Å². The van der Waals surface area contributed by atoms with E-state index >= 15 is 0 Å². The summed E-state index contributed by atoms with van der Waals surface area (Å²) in [7, 11) is 1.54. The Labute approximate surface area is 82.8 Å². The summed E-state index contributed by atoms with van der Waals surface area (Å²) in [6.07, 6.45) is 3.56. The van der Waals surface area contributed by atoms with E-state index in [1.54, 1.807) is 24.2 Å².